The summed E-state index contributed by atoms with van der Waals surface area (Å²) in [6, 6.07) is 13.4. The molecule has 0 bridgehead atoms. The number of carbonyl (C=O) groups excluding carboxylic acids is 3. The number of nitrogens with zero attached hydrogens (tertiary/aromatic N) is 1. The third kappa shape index (κ3) is 5.29. The van der Waals surface area contributed by atoms with Gasteiger partial charge in [-0.1, -0.05) is 44.2 Å². The second kappa shape index (κ2) is 10.9. The van der Waals surface area contributed by atoms with Crippen LogP contribution >= 0.6 is 11.3 Å². The van der Waals surface area contributed by atoms with E-state index in [9.17, 15) is 18.8 Å². The molecule has 220 valence electrons. The average Bonchev–Trinajstić information content (AvgIpc) is 3.66. The number of alkyl halides is 2. The van der Waals surface area contributed by atoms with Crippen LogP contribution in [0.3, 0.4) is 0 Å². The maximum absolute atomic E-state index is 15.1. The van der Waals surface area contributed by atoms with Gasteiger partial charge in [-0.15, -0.1) is 11.3 Å². The van der Waals surface area contributed by atoms with E-state index in [4.69, 9.17) is 11.1 Å². The van der Waals surface area contributed by atoms with Gasteiger partial charge in [0.1, 0.15) is 18.6 Å². The summed E-state index contributed by atoms with van der Waals surface area (Å²) in [5.74, 6) is -1.91. The zero-order chi connectivity index (χ0) is 30.4. The van der Waals surface area contributed by atoms with E-state index < -0.39 is 61.7 Å². The molecule has 1 unspecified atom stereocenters. The van der Waals surface area contributed by atoms with E-state index in [2.05, 4.69) is 30.5 Å². The van der Waals surface area contributed by atoms with Crippen molar-refractivity contribution in [2.24, 2.45) is 5.73 Å². The number of hydrogen-bond acceptors (Lipinski definition) is 5. The maximum atomic E-state index is 15.1. The first kappa shape index (κ1) is 29.4. The highest BCUT2D eigenvalue weighted by Crippen LogP contribution is 2.48. The molecular weight excluding hydrogens is 560 g/mol. The molecular formula is C31H33F2N5O3S. The van der Waals surface area contributed by atoms with Crippen LogP contribution in [0.2, 0.25) is 0 Å². The number of thiophene rings is 1. The molecule has 5 N–H and O–H groups in total. The predicted octanol–water partition coefficient (Wildman–Crippen LogP) is 4.22. The van der Waals surface area contributed by atoms with Gasteiger partial charge in [-0.25, -0.2) is 8.78 Å². The van der Waals surface area contributed by atoms with E-state index in [1.807, 2.05) is 24.3 Å². The number of amides is 3. The summed E-state index contributed by atoms with van der Waals surface area (Å²) >= 11 is 1.30. The normalized spacial score (nSPS) is 20.9. The SMILES string of the molecule is CC(NC(=O)[C@@H]1C[C@](F)(CF)CN1C(=O)CNC(=O)c1ccc2c(c1)-c1ccccc1C2(C)C)c1cc(C(=N)N)cs1. The smallest absolute Gasteiger partial charge is 0.251 e. The van der Waals surface area contributed by atoms with Gasteiger partial charge in [0.25, 0.3) is 5.91 Å². The fourth-order valence-electron chi connectivity index (χ4n) is 5.85. The topological polar surface area (TPSA) is 128 Å². The van der Waals surface area contributed by atoms with Crippen molar-refractivity contribution in [2.45, 2.75) is 50.4 Å². The molecule has 1 aliphatic heterocycles. The van der Waals surface area contributed by atoms with Crippen molar-refractivity contribution < 1.29 is 23.2 Å². The number of nitrogens with one attached hydrogen (secondary N) is 3. The van der Waals surface area contributed by atoms with Crippen molar-refractivity contribution in [3.05, 3.63) is 81.0 Å². The Hall–Kier alpha value is -4.12. The van der Waals surface area contributed by atoms with Gasteiger partial charge in [0, 0.05) is 33.2 Å². The first-order chi connectivity index (χ1) is 19.8. The van der Waals surface area contributed by atoms with Gasteiger partial charge in [-0.2, -0.15) is 0 Å². The maximum Gasteiger partial charge on any atom is 0.251 e. The van der Waals surface area contributed by atoms with E-state index in [-0.39, 0.29) is 11.3 Å². The number of halogens is 2. The standard InChI is InChI=1S/C31H33F2N5O3S/c1-17(25-11-19(14-42-25)27(34)35)37-29(41)24-12-31(33,15-32)16-38(24)26(39)13-36-28(40)18-8-9-23-21(10-18)20-6-4-5-7-22(20)30(23,2)3/h4-11,14,17,24H,12-13,15-16H2,1-3H3,(H3,34,35)(H,36,40)(H,37,41)/t17?,24-,31-/m0/s1. The molecule has 1 aromatic heterocycles. The average molecular weight is 594 g/mol. The van der Waals surface area contributed by atoms with Gasteiger partial charge in [0.2, 0.25) is 11.8 Å². The van der Waals surface area contributed by atoms with Crippen LogP contribution in [0.15, 0.2) is 53.9 Å². The van der Waals surface area contributed by atoms with Gasteiger partial charge < -0.3 is 21.3 Å². The molecule has 3 aromatic rings. The van der Waals surface area contributed by atoms with Crippen LogP contribution in [0, 0.1) is 5.41 Å². The largest absolute Gasteiger partial charge is 0.384 e. The van der Waals surface area contributed by atoms with E-state index in [1.165, 1.54) is 16.9 Å². The van der Waals surface area contributed by atoms with Gasteiger partial charge in [-0.05, 0) is 47.4 Å². The van der Waals surface area contributed by atoms with Crippen LogP contribution in [0.1, 0.15) is 65.2 Å². The van der Waals surface area contributed by atoms with E-state index >= 15 is 4.39 Å². The number of nitrogen functional groups attached to an aromatic ring is 1. The third-order valence-electron chi connectivity index (χ3n) is 8.21. The summed E-state index contributed by atoms with van der Waals surface area (Å²) in [4.78, 5) is 41.1. The lowest BCUT2D eigenvalue weighted by Crippen LogP contribution is -2.49. The Labute approximate surface area is 246 Å². The van der Waals surface area contributed by atoms with Gasteiger partial charge in [0.15, 0.2) is 5.67 Å². The summed E-state index contributed by atoms with van der Waals surface area (Å²) in [6.45, 7) is 3.55. The molecule has 5 rings (SSSR count). The van der Waals surface area contributed by atoms with Gasteiger partial charge >= 0.3 is 0 Å². The lowest BCUT2D eigenvalue weighted by Gasteiger charge is -2.25. The number of benzene rings is 2. The molecule has 1 saturated heterocycles. The Balaban J connectivity index is 1.27. The Morgan fingerprint density at radius 3 is 2.52 bits per heavy atom. The summed E-state index contributed by atoms with van der Waals surface area (Å²) in [5, 5.41) is 14.6. The number of amidine groups is 1. The molecule has 0 spiro atoms. The molecule has 2 heterocycles. The molecule has 1 aliphatic carbocycles. The van der Waals surface area contributed by atoms with E-state index in [0.29, 0.717) is 16.0 Å². The number of carbonyl (C=O) groups is 3. The van der Waals surface area contributed by atoms with Crippen molar-refractivity contribution in [3.63, 3.8) is 0 Å². The fraction of sp³-hybridized carbons (Fsp3) is 0.355. The Bertz CT molecular complexity index is 1590. The van der Waals surface area contributed by atoms with E-state index in [0.717, 1.165) is 21.6 Å². The summed E-state index contributed by atoms with van der Waals surface area (Å²) in [6.07, 6.45) is -0.495. The number of likely N-dealkylation sites (tertiary alicyclic amines) is 1. The van der Waals surface area contributed by atoms with E-state index in [1.54, 1.807) is 30.5 Å². The summed E-state index contributed by atoms with van der Waals surface area (Å²) in [7, 11) is 0. The molecule has 11 heteroatoms. The first-order valence-corrected chi connectivity index (χ1v) is 14.5. The minimum Gasteiger partial charge on any atom is -0.384 e. The molecule has 2 aromatic carbocycles. The minimum absolute atomic E-state index is 0.107. The molecule has 8 nitrogen and oxygen atoms in total. The molecule has 3 amide bonds. The van der Waals surface area contributed by atoms with Crippen molar-refractivity contribution in [1.29, 1.82) is 5.41 Å². The molecule has 2 aliphatic rings. The first-order valence-electron chi connectivity index (χ1n) is 13.6. The zero-order valence-electron chi connectivity index (χ0n) is 23.6. The molecule has 0 saturated carbocycles. The number of fused-ring (bicyclic) bond motifs is 3. The van der Waals surface area contributed by atoms with Crippen molar-refractivity contribution in [1.82, 2.24) is 15.5 Å². The Morgan fingerprint density at radius 1 is 1.12 bits per heavy atom. The number of hydrogen-bond donors (Lipinski definition) is 4. The minimum atomic E-state index is -2.37. The Morgan fingerprint density at radius 2 is 1.83 bits per heavy atom. The molecule has 0 radical (unpaired) electrons. The third-order valence-corrected chi connectivity index (χ3v) is 9.33. The van der Waals surface area contributed by atoms with Crippen LogP contribution in [0.5, 0.6) is 0 Å². The quantitative estimate of drug-likeness (QED) is 0.230. The van der Waals surface area contributed by atoms with Crippen LogP contribution in [-0.4, -0.2) is 59.9 Å². The number of rotatable bonds is 8. The zero-order valence-corrected chi connectivity index (χ0v) is 24.4. The summed E-state index contributed by atoms with van der Waals surface area (Å²) < 4.78 is 28.7. The fourth-order valence-corrected chi connectivity index (χ4v) is 6.77. The molecule has 1 fully saturated rings. The second-order valence-corrected chi connectivity index (χ2v) is 12.5. The lowest BCUT2D eigenvalue weighted by atomic mass is 9.82. The predicted molar refractivity (Wildman–Crippen MR) is 158 cm³/mol. The Kier molecular flexibility index (Phi) is 7.65. The number of nitrogens with two attached hydrogens (primary N) is 1. The molecule has 3 atom stereocenters. The highest BCUT2D eigenvalue weighted by atomic mass is 32.1. The lowest BCUT2D eigenvalue weighted by molar-refractivity contribution is -0.138. The van der Waals surface area contributed by atoms with Crippen LogP contribution in [-0.2, 0) is 15.0 Å². The molecule has 42 heavy (non-hydrogen) atoms. The van der Waals surface area contributed by atoms with Crippen LogP contribution in [0.25, 0.3) is 11.1 Å². The highest BCUT2D eigenvalue weighted by molar-refractivity contribution is 7.10. The van der Waals surface area contributed by atoms with Crippen LogP contribution < -0.4 is 16.4 Å². The van der Waals surface area contributed by atoms with Gasteiger partial charge in [0.05, 0.1) is 19.1 Å². The van der Waals surface area contributed by atoms with Gasteiger partial charge in [-0.3, -0.25) is 19.8 Å². The van der Waals surface area contributed by atoms with Crippen molar-refractivity contribution in [2.75, 3.05) is 19.8 Å². The van der Waals surface area contributed by atoms with Crippen molar-refractivity contribution >= 4 is 34.9 Å². The summed E-state index contributed by atoms with van der Waals surface area (Å²) in [5.41, 5.74) is 8.08. The highest BCUT2D eigenvalue weighted by Gasteiger charge is 2.49. The van der Waals surface area contributed by atoms with Crippen molar-refractivity contribution in [3.8, 4) is 11.1 Å². The monoisotopic (exact) mass is 593 g/mol. The second-order valence-electron chi connectivity index (χ2n) is 11.5. The van der Waals surface area contributed by atoms with Crippen LogP contribution in [0.4, 0.5) is 8.78 Å².